The van der Waals surface area contributed by atoms with Crippen molar-refractivity contribution in [3.8, 4) is 17.0 Å². The molecule has 0 aliphatic carbocycles. The lowest BCUT2D eigenvalue weighted by Crippen LogP contribution is -2.30. The maximum absolute atomic E-state index is 11.4. The van der Waals surface area contributed by atoms with E-state index in [-0.39, 0.29) is 11.8 Å². The first-order valence-electron chi connectivity index (χ1n) is 14.1. The Morgan fingerprint density at radius 3 is 2.48 bits per heavy atom. The topological polar surface area (TPSA) is 91.2 Å². The minimum Gasteiger partial charge on any atom is -0.494 e. The van der Waals surface area contributed by atoms with Gasteiger partial charge in [0.15, 0.2) is 0 Å². The van der Waals surface area contributed by atoms with Crippen molar-refractivity contribution < 1.29 is 14.6 Å². The number of carboxylic acids is 1. The van der Waals surface area contributed by atoms with Crippen LogP contribution in [0.1, 0.15) is 69.8 Å². The zero-order valence-corrected chi connectivity index (χ0v) is 24.4. The number of amidine groups is 1. The smallest absolute Gasteiger partial charge is 0.307 e. The molecule has 0 atom stereocenters. The molecule has 0 saturated heterocycles. The average Bonchev–Trinajstić information content (AvgIpc) is 3.31. The first kappa shape index (κ1) is 29.1. The van der Waals surface area contributed by atoms with Gasteiger partial charge in [-0.2, -0.15) is 5.10 Å². The highest BCUT2D eigenvalue weighted by atomic mass is 16.5. The van der Waals surface area contributed by atoms with Gasteiger partial charge in [0.25, 0.3) is 0 Å². The number of nitrogens with zero attached hydrogens (tertiary/aromatic N) is 5. The zero-order chi connectivity index (χ0) is 28.7. The molecule has 0 unspecified atom stereocenters. The van der Waals surface area contributed by atoms with Crippen LogP contribution in [0.5, 0.6) is 5.75 Å². The second-order valence-electron chi connectivity index (χ2n) is 11.2. The number of hydrazone groups is 1. The predicted octanol–water partition coefficient (Wildman–Crippen LogP) is 5.90. The molecule has 2 aromatic carbocycles. The van der Waals surface area contributed by atoms with E-state index in [4.69, 9.17) is 9.84 Å². The molecule has 212 valence electrons. The van der Waals surface area contributed by atoms with Gasteiger partial charge < -0.3 is 14.7 Å². The van der Waals surface area contributed by atoms with Crippen LogP contribution in [0.2, 0.25) is 0 Å². The van der Waals surface area contributed by atoms with Gasteiger partial charge in [0, 0.05) is 29.8 Å². The Morgan fingerprint density at radius 2 is 1.80 bits per heavy atom. The van der Waals surface area contributed by atoms with Crippen LogP contribution < -0.4 is 4.74 Å². The van der Waals surface area contributed by atoms with Crippen LogP contribution in [-0.4, -0.2) is 56.6 Å². The number of aryl methyl sites for hydroxylation is 1. The van der Waals surface area contributed by atoms with E-state index in [1.165, 1.54) is 11.1 Å². The first-order chi connectivity index (χ1) is 19.2. The number of hydrogen-bond donors (Lipinski definition) is 1. The van der Waals surface area contributed by atoms with E-state index >= 15 is 0 Å². The van der Waals surface area contributed by atoms with Gasteiger partial charge in [-0.15, -0.1) is 0 Å². The van der Waals surface area contributed by atoms with Crippen molar-refractivity contribution in [1.29, 1.82) is 0 Å². The lowest BCUT2D eigenvalue weighted by molar-refractivity contribution is -0.136. The quantitative estimate of drug-likeness (QED) is 0.304. The largest absolute Gasteiger partial charge is 0.494 e. The number of rotatable bonds is 12. The highest BCUT2D eigenvalue weighted by Crippen LogP contribution is 2.27. The molecule has 0 fully saturated rings. The minimum absolute atomic E-state index is 0.101. The number of aliphatic carboxylic acids is 1. The summed E-state index contributed by atoms with van der Waals surface area (Å²) in [5.74, 6) is 0.819. The summed E-state index contributed by atoms with van der Waals surface area (Å²) in [6, 6.07) is 16.5. The van der Waals surface area contributed by atoms with E-state index in [1.807, 2.05) is 31.2 Å². The molecular formula is C32H41N5O3. The van der Waals surface area contributed by atoms with Crippen molar-refractivity contribution in [2.45, 2.75) is 72.3 Å². The Morgan fingerprint density at radius 1 is 1.02 bits per heavy atom. The molecule has 0 radical (unpaired) electrons. The molecule has 1 aromatic heterocycles. The van der Waals surface area contributed by atoms with Crippen LogP contribution in [-0.2, 0) is 29.6 Å². The number of aromatic nitrogens is 2. The van der Waals surface area contributed by atoms with Gasteiger partial charge >= 0.3 is 5.97 Å². The van der Waals surface area contributed by atoms with E-state index < -0.39 is 5.97 Å². The molecule has 8 nitrogen and oxygen atoms in total. The first-order valence-corrected chi connectivity index (χ1v) is 14.1. The van der Waals surface area contributed by atoms with Crippen molar-refractivity contribution in [3.63, 3.8) is 0 Å². The number of carbonyl (C=O) groups is 1. The Labute approximate surface area is 237 Å². The fourth-order valence-electron chi connectivity index (χ4n) is 4.89. The summed E-state index contributed by atoms with van der Waals surface area (Å²) >= 11 is 0. The van der Waals surface area contributed by atoms with Crippen LogP contribution in [0.3, 0.4) is 0 Å². The fourth-order valence-corrected chi connectivity index (χ4v) is 4.89. The average molecular weight is 544 g/mol. The third-order valence-corrected chi connectivity index (χ3v) is 7.08. The summed E-state index contributed by atoms with van der Waals surface area (Å²) in [6.07, 6.45) is 4.08. The Kier molecular flexibility index (Phi) is 9.40. The van der Waals surface area contributed by atoms with E-state index in [1.54, 1.807) is 6.33 Å². The third-order valence-electron chi connectivity index (χ3n) is 7.08. The second-order valence-corrected chi connectivity index (χ2v) is 11.2. The van der Waals surface area contributed by atoms with Gasteiger partial charge in [0.1, 0.15) is 24.6 Å². The van der Waals surface area contributed by atoms with Crippen molar-refractivity contribution in [2.75, 3.05) is 19.8 Å². The molecule has 1 N–H and O–H groups in total. The van der Waals surface area contributed by atoms with Crippen molar-refractivity contribution >= 4 is 11.8 Å². The van der Waals surface area contributed by atoms with E-state index in [9.17, 15) is 9.90 Å². The lowest BCUT2D eigenvalue weighted by Gasteiger charge is -2.21. The summed E-state index contributed by atoms with van der Waals surface area (Å²) in [5, 5.41) is 16.4. The SMILES string of the molecule is CCOc1ccc(-c2cc(CCCC3=NN(Cc4ccc(C(C)(C)C)cc4)CN3CC)ncn2)cc1CC(=O)O. The fraction of sp³-hybridized carbons (Fsp3) is 0.438. The van der Waals surface area contributed by atoms with Crippen molar-refractivity contribution in [2.24, 2.45) is 5.10 Å². The molecule has 40 heavy (non-hydrogen) atoms. The Bertz CT molecular complexity index is 1330. The van der Waals surface area contributed by atoms with Gasteiger partial charge in [-0.25, -0.2) is 9.97 Å². The summed E-state index contributed by atoms with van der Waals surface area (Å²) in [6.45, 7) is 13.8. The highest BCUT2D eigenvalue weighted by Gasteiger charge is 2.22. The molecule has 0 saturated carbocycles. The maximum atomic E-state index is 11.4. The normalized spacial score (nSPS) is 13.5. The molecule has 1 aliphatic rings. The summed E-state index contributed by atoms with van der Waals surface area (Å²) in [5.41, 5.74) is 5.98. The van der Waals surface area contributed by atoms with Gasteiger partial charge in [0.2, 0.25) is 0 Å². The number of ether oxygens (including phenoxy) is 1. The molecule has 1 aliphatic heterocycles. The van der Waals surface area contributed by atoms with E-state index in [0.717, 1.165) is 61.8 Å². The lowest BCUT2D eigenvalue weighted by atomic mass is 9.87. The van der Waals surface area contributed by atoms with Gasteiger partial charge in [-0.3, -0.25) is 9.80 Å². The summed E-state index contributed by atoms with van der Waals surface area (Å²) < 4.78 is 5.61. The van der Waals surface area contributed by atoms with Crippen LogP contribution in [0, 0.1) is 0 Å². The molecule has 0 spiro atoms. The molecule has 2 heterocycles. The van der Waals surface area contributed by atoms with E-state index in [2.05, 4.69) is 71.8 Å². The van der Waals surface area contributed by atoms with Crippen LogP contribution >= 0.6 is 0 Å². The van der Waals surface area contributed by atoms with E-state index in [0.29, 0.717) is 17.9 Å². The van der Waals surface area contributed by atoms with Gasteiger partial charge in [0.05, 0.1) is 25.3 Å². The highest BCUT2D eigenvalue weighted by molar-refractivity contribution is 5.83. The molecule has 8 heteroatoms. The van der Waals surface area contributed by atoms with Crippen LogP contribution in [0.15, 0.2) is 60.0 Å². The molecule has 3 aromatic rings. The molecule has 0 bridgehead atoms. The zero-order valence-electron chi connectivity index (χ0n) is 24.4. The maximum Gasteiger partial charge on any atom is 0.307 e. The summed E-state index contributed by atoms with van der Waals surface area (Å²) in [7, 11) is 0. The monoisotopic (exact) mass is 543 g/mol. The number of carboxylic acid groups (broad SMARTS) is 1. The van der Waals surface area contributed by atoms with Crippen LogP contribution in [0.25, 0.3) is 11.3 Å². The Balaban J connectivity index is 1.38. The standard InChI is InChI=1S/C32H41N5O3/c1-6-36-22-37(20-23-11-14-26(15-12-23)32(3,4)5)35-30(36)10-8-9-27-19-28(34-21-33-27)24-13-16-29(40-7-2)25(17-24)18-31(38)39/h11-17,19,21H,6-10,18,20,22H2,1-5H3,(H,38,39). The van der Waals surface area contributed by atoms with Gasteiger partial charge in [-0.1, -0.05) is 45.0 Å². The number of hydrogen-bond acceptors (Lipinski definition) is 7. The number of benzene rings is 2. The van der Waals surface area contributed by atoms with Gasteiger partial charge in [-0.05, 0) is 67.5 Å². The molecular weight excluding hydrogens is 502 g/mol. The van der Waals surface area contributed by atoms with Crippen molar-refractivity contribution in [3.05, 3.63) is 77.2 Å². The third kappa shape index (κ3) is 7.58. The predicted molar refractivity (Wildman–Crippen MR) is 158 cm³/mol. The van der Waals surface area contributed by atoms with Crippen molar-refractivity contribution in [1.82, 2.24) is 19.9 Å². The molecule has 4 rings (SSSR count). The Hall–Kier alpha value is -3.94. The molecule has 0 amide bonds. The van der Waals surface area contributed by atoms with Crippen LogP contribution in [0.4, 0.5) is 0 Å². The second kappa shape index (κ2) is 12.9. The summed E-state index contributed by atoms with van der Waals surface area (Å²) in [4.78, 5) is 22.6. The minimum atomic E-state index is -0.894.